The van der Waals surface area contributed by atoms with Crippen molar-refractivity contribution < 1.29 is 9.47 Å². The van der Waals surface area contributed by atoms with E-state index >= 15 is 0 Å². The first-order valence-electron chi connectivity index (χ1n) is 4.58. The molecule has 1 aromatic rings. The number of methoxy groups -OCH3 is 2. The van der Waals surface area contributed by atoms with Gasteiger partial charge in [-0.2, -0.15) is 0 Å². The molecule has 0 bridgehead atoms. The Labute approximate surface area is 85.2 Å². The molecule has 0 spiro atoms. The van der Waals surface area contributed by atoms with Crippen molar-refractivity contribution in [2.24, 2.45) is 0 Å². The third kappa shape index (κ3) is 2.89. The highest BCUT2D eigenvalue weighted by molar-refractivity contribution is 5.53. The molecule has 0 aliphatic rings. The number of benzene rings is 1. The zero-order valence-electron chi connectivity index (χ0n) is 8.91. The number of rotatable bonds is 4. The Bertz CT molecular complexity index is 316. The van der Waals surface area contributed by atoms with Gasteiger partial charge in [-0.15, -0.1) is 0 Å². The predicted octanol–water partition coefficient (Wildman–Crippen LogP) is 2.66. The maximum atomic E-state index is 5.18. The summed E-state index contributed by atoms with van der Waals surface area (Å²) >= 11 is 0. The van der Waals surface area contributed by atoms with Crippen LogP contribution in [0.4, 0.5) is 0 Å². The van der Waals surface area contributed by atoms with E-state index in [1.807, 2.05) is 31.2 Å². The molecule has 2 heteroatoms. The second-order valence-corrected chi connectivity index (χ2v) is 3.09. The molecule has 0 aliphatic heterocycles. The summed E-state index contributed by atoms with van der Waals surface area (Å²) in [6.07, 6.45) is 4.02. The SMILES string of the molecule is COC/C=C/c1ccc(OC)c(C)c1. The normalized spacial score (nSPS) is 10.8. The number of ether oxygens (including phenoxy) is 2. The lowest BCUT2D eigenvalue weighted by atomic mass is 10.1. The van der Waals surface area contributed by atoms with Crippen molar-refractivity contribution in [1.82, 2.24) is 0 Å². The van der Waals surface area contributed by atoms with Crippen molar-refractivity contribution in [3.05, 3.63) is 35.4 Å². The fourth-order valence-corrected chi connectivity index (χ4v) is 1.29. The minimum absolute atomic E-state index is 0.644. The van der Waals surface area contributed by atoms with Gasteiger partial charge in [0.15, 0.2) is 0 Å². The highest BCUT2D eigenvalue weighted by atomic mass is 16.5. The van der Waals surface area contributed by atoms with Gasteiger partial charge in [0, 0.05) is 7.11 Å². The Morgan fingerprint density at radius 3 is 2.64 bits per heavy atom. The van der Waals surface area contributed by atoms with E-state index in [2.05, 4.69) is 6.07 Å². The summed E-state index contributed by atoms with van der Waals surface area (Å²) in [4.78, 5) is 0. The maximum absolute atomic E-state index is 5.18. The standard InChI is InChI=1S/C12H16O2/c1-10-9-11(5-4-8-13-2)6-7-12(10)14-3/h4-7,9H,8H2,1-3H3/b5-4+. The molecule has 0 amide bonds. The first kappa shape index (κ1) is 10.8. The van der Waals surface area contributed by atoms with Gasteiger partial charge < -0.3 is 9.47 Å². The van der Waals surface area contributed by atoms with Crippen LogP contribution in [0.2, 0.25) is 0 Å². The Morgan fingerprint density at radius 2 is 2.07 bits per heavy atom. The fourth-order valence-electron chi connectivity index (χ4n) is 1.29. The smallest absolute Gasteiger partial charge is 0.121 e. The minimum atomic E-state index is 0.644. The molecular weight excluding hydrogens is 176 g/mol. The van der Waals surface area contributed by atoms with Gasteiger partial charge in [-0.25, -0.2) is 0 Å². The molecule has 0 fully saturated rings. The van der Waals surface area contributed by atoms with Gasteiger partial charge in [-0.1, -0.05) is 18.2 Å². The molecule has 1 rings (SSSR count). The quantitative estimate of drug-likeness (QED) is 0.730. The van der Waals surface area contributed by atoms with E-state index in [1.165, 1.54) is 5.56 Å². The molecule has 14 heavy (non-hydrogen) atoms. The van der Waals surface area contributed by atoms with Gasteiger partial charge in [-0.3, -0.25) is 0 Å². The maximum Gasteiger partial charge on any atom is 0.121 e. The average molecular weight is 192 g/mol. The van der Waals surface area contributed by atoms with Crippen LogP contribution in [0, 0.1) is 6.92 Å². The summed E-state index contributed by atoms with van der Waals surface area (Å²) in [6.45, 7) is 2.68. The van der Waals surface area contributed by atoms with Crippen LogP contribution in [0.5, 0.6) is 5.75 Å². The fraction of sp³-hybridized carbons (Fsp3) is 0.333. The highest BCUT2D eigenvalue weighted by Crippen LogP contribution is 2.18. The molecule has 0 aromatic heterocycles. The van der Waals surface area contributed by atoms with Gasteiger partial charge in [0.25, 0.3) is 0 Å². The van der Waals surface area contributed by atoms with Crippen LogP contribution >= 0.6 is 0 Å². The Balaban J connectivity index is 2.76. The second-order valence-electron chi connectivity index (χ2n) is 3.09. The van der Waals surface area contributed by atoms with E-state index < -0.39 is 0 Å². The van der Waals surface area contributed by atoms with Crippen molar-refractivity contribution in [1.29, 1.82) is 0 Å². The van der Waals surface area contributed by atoms with Gasteiger partial charge in [0.1, 0.15) is 5.75 Å². The molecule has 0 N–H and O–H groups in total. The highest BCUT2D eigenvalue weighted by Gasteiger charge is 1.96. The molecule has 0 aliphatic carbocycles. The van der Waals surface area contributed by atoms with Crippen LogP contribution in [-0.4, -0.2) is 20.8 Å². The van der Waals surface area contributed by atoms with Crippen LogP contribution in [0.25, 0.3) is 6.08 Å². The van der Waals surface area contributed by atoms with Gasteiger partial charge >= 0.3 is 0 Å². The van der Waals surface area contributed by atoms with Crippen LogP contribution in [-0.2, 0) is 4.74 Å². The van der Waals surface area contributed by atoms with Crippen molar-refractivity contribution in [3.8, 4) is 5.75 Å². The number of hydrogen-bond acceptors (Lipinski definition) is 2. The molecule has 0 radical (unpaired) electrons. The summed E-state index contributed by atoms with van der Waals surface area (Å²) in [5.41, 5.74) is 2.31. The van der Waals surface area contributed by atoms with Crippen molar-refractivity contribution in [2.45, 2.75) is 6.92 Å². The minimum Gasteiger partial charge on any atom is -0.496 e. The molecule has 76 valence electrons. The van der Waals surface area contributed by atoms with Crippen molar-refractivity contribution >= 4 is 6.08 Å². The summed E-state index contributed by atoms with van der Waals surface area (Å²) in [6, 6.07) is 6.09. The number of hydrogen-bond donors (Lipinski definition) is 0. The Hall–Kier alpha value is -1.28. The Morgan fingerprint density at radius 1 is 1.29 bits per heavy atom. The largest absolute Gasteiger partial charge is 0.496 e. The third-order valence-electron chi connectivity index (χ3n) is 1.99. The molecule has 0 saturated carbocycles. The first-order valence-corrected chi connectivity index (χ1v) is 4.58. The predicted molar refractivity (Wildman–Crippen MR) is 58.6 cm³/mol. The van der Waals surface area contributed by atoms with E-state index in [0.29, 0.717) is 6.61 Å². The third-order valence-corrected chi connectivity index (χ3v) is 1.99. The Kier molecular flexibility index (Phi) is 4.20. The molecule has 0 atom stereocenters. The van der Waals surface area contributed by atoms with E-state index in [0.717, 1.165) is 11.3 Å². The van der Waals surface area contributed by atoms with E-state index in [-0.39, 0.29) is 0 Å². The van der Waals surface area contributed by atoms with Gasteiger partial charge in [0.2, 0.25) is 0 Å². The van der Waals surface area contributed by atoms with Crippen LogP contribution in [0.3, 0.4) is 0 Å². The molecule has 0 heterocycles. The summed E-state index contributed by atoms with van der Waals surface area (Å²) in [5, 5.41) is 0. The molecule has 1 aromatic carbocycles. The second kappa shape index (κ2) is 5.45. The van der Waals surface area contributed by atoms with Crippen LogP contribution in [0.15, 0.2) is 24.3 Å². The zero-order valence-corrected chi connectivity index (χ0v) is 8.91. The molecule has 0 saturated heterocycles. The van der Waals surface area contributed by atoms with Crippen LogP contribution in [0.1, 0.15) is 11.1 Å². The number of aryl methyl sites for hydroxylation is 1. The lowest BCUT2D eigenvalue weighted by Crippen LogP contribution is -1.87. The van der Waals surface area contributed by atoms with Crippen molar-refractivity contribution in [3.63, 3.8) is 0 Å². The lowest BCUT2D eigenvalue weighted by molar-refractivity contribution is 0.234. The van der Waals surface area contributed by atoms with Gasteiger partial charge in [-0.05, 0) is 30.2 Å². The van der Waals surface area contributed by atoms with Crippen LogP contribution < -0.4 is 4.74 Å². The average Bonchev–Trinajstić information content (AvgIpc) is 2.18. The van der Waals surface area contributed by atoms with E-state index in [4.69, 9.17) is 9.47 Å². The summed E-state index contributed by atoms with van der Waals surface area (Å²) in [5.74, 6) is 0.925. The van der Waals surface area contributed by atoms with E-state index in [9.17, 15) is 0 Å². The van der Waals surface area contributed by atoms with E-state index in [1.54, 1.807) is 14.2 Å². The monoisotopic (exact) mass is 192 g/mol. The summed E-state index contributed by atoms with van der Waals surface area (Å²) < 4.78 is 10.1. The summed E-state index contributed by atoms with van der Waals surface area (Å²) in [7, 11) is 3.37. The molecule has 2 nitrogen and oxygen atoms in total. The first-order chi connectivity index (χ1) is 6.77. The molecular formula is C12H16O2. The molecule has 0 unspecified atom stereocenters. The zero-order chi connectivity index (χ0) is 10.4. The lowest BCUT2D eigenvalue weighted by Gasteiger charge is -2.04. The van der Waals surface area contributed by atoms with Gasteiger partial charge in [0.05, 0.1) is 13.7 Å². The topological polar surface area (TPSA) is 18.5 Å². The van der Waals surface area contributed by atoms with Crippen molar-refractivity contribution in [2.75, 3.05) is 20.8 Å².